The highest BCUT2D eigenvalue weighted by Crippen LogP contribution is 2.25. The van der Waals surface area contributed by atoms with Gasteiger partial charge in [-0.25, -0.2) is 0 Å². The minimum absolute atomic E-state index is 0.120. The van der Waals surface area contributed by atoms with Crippen molar-refractivity contribution in [2.75, 3.05) is 19.0 Å². The van der Waals surface area contributed by atoms with Crippen molar-refractivity contribution in [2.24, 2.45) is 0 Å². The Morgan fingerprint density at radius 1 is 1.16 bits per heavy atom. The highest BCUT2D eigenvalue weighted by atomic mass is 79.9. The number of halogens is 1. The van der Waals surface area contributed by atoms with Gasteiger partial charge in [0.05, 0.1) is 19.3 Å². The van der Waals surface area contributed by atoms with Crippen molar-refractivity contribution in [1.29, 1.82) is 0 Å². The van der Waals surface area contributed by atoms with Crippen LogP contribution in [0, 0.1) is 0 Å². The maximum absolute atomic E-state index is 12.5. The van der Waals surface area contributed by atoms with Gasteiger partial charge in [0, 0.05) is 11.0 Å². The van der Waals surface area contributed by atoms with Crippen LogP contribution >= 0.6 is 15.9 Å². The molecule has 1 aliphatic heterocycles. The molecule has 1 heterocycles. The lowest BCUT2D eigenvalue weighted by atomic mass is 9.94. The molecule has 0 unspecified atom stereocenters. The van der Waals surface area contributed by atoms with Crippen LogP contribution in [0.15, 0.2) is 53.0 Å². The van der Waals surface area contributed by atoms with Crippen molar-refractivity contribution in [3.05, 3.63) is 64.1 Å². The second-order valence-electron chi connectivity index (χ2n) is 5.94. The molecule has 0 saturated carbocycles. The minimum Gasteiger partial charge on any atom is -0.468 e. The van der Waals surface area contributed by atoms with E-state index in [1.807, 2.05) is 53.4 Å². The van der Waals surface area contributed by atoms with E-state index in [1.54, 1.807) is 0 Å². The average Bonchev–Trinajstić information content (AvgIpc) is 2.62. The van der Waals surface area contributed by atoms with Gasteiger partial charge in [-0.3, -0.25) is 14.5 Å². The van der Waals surface area contributed by atoms with Crippen LogP contribution in [0.1, 0.15) is 11.1 Å². The van der Waals surface area contributed by atoms with E-state index in [1.165, 1.54) is 7.11 Å². The van der Waals surface area contributed by atoms with Crippen LogP contribution < -0.4 is 5.32 Å². The highest BCUT2D eigenvalue weighted by molar-refractivity contribution is 9.10. The average molecular weight is 403 g/mol. The predicted molar refractivity (Wildman–Crippen MR) is 99.1 cm³/mol. The zero-order valence-electron chi connectivity index (χ0n) is 13.9. The van der Waals surface area contributed by atoms with Gasteiger partial charge in [0.25, 0.3) is 0 Å². The lowest BCUT2D eigenvalue weighted by Crippen LogP contribution is -2.49. The van der Waals surface area contributed by atoms with Crippen molar-refractivity contribution in [2.45, 2.75) is 19.0 Å². The molecule has 1 amide bonds. The smallest absolute Gasteiger partial charge is 0.323 e. The molecule has 0 radical (unpaired) electrons. The molecule has 130 valence electrons. The number of carbonyl (C=O) groups is 2. The monoisotopic (exact) mass is 402 g/mol. The molecule has 0 aromatic heterocycles. The van der Waals surface area contributed by atoms with Gasteiger partial charge < -0.3 is 10.1 Å². The molecular formula is C19H19BrN2O3. The van der Waals surface area contributed by atoms with E-state index in [2.05, 4.69) is 21.2 Å². The van der Waals surface area contributed by atoms with E-state index in [0.717, 1.165) is 15.6 Å². The molecule has 0 saturated heterocycles. The molecule has 0 aliphatic carbocycles. The van der Waals surface area contributed by atoms with Crippen LogP contribution in [0.2, 0.25) is 0 Å². The number of nitrogens with one attached hydrogen (secondary N) is 1. The van der Waals surface area contributed by atoms with E-state index >= 15 is 0 Å². The maximum Gasteiger partial charge on any atom is 0.323 e. The second-order valence-corrected chi connectivity index (χ2v) is 6.80. The molecule has 0 spiro atoms. The first-order valence-corrected chi connectivity index (χ1v) is 8.81. The Morgan fingerprint density at radius 2 is 1.84 bits per heavy atom. The van der Waals surface area contributed by atoms with Gasteiger partial charge in [0.2, 0.25) is 5.91 Å². The van der Waals surface area contributed by atoms with Crippen molar-refractivity contribution in [1.82, 2.24) is 4.90 Å². The van der Waals surface area contributed by atoms with Crippen molar-refractivity contribution in [3.8, 4) is 0 Å². The van der Waals surface area contributed by atoms with E-state index < -0.39 is 6.04 Å². The zero-order chi connectivity index (χ0) is 17.8. The zero-order valence-corrected chi connectivity index (χ0v) is 15.5. The number of carbonyl (C=O) groups excluding carboxylic acids is 2. The van der Waals surface area contributed by atoms with Crippen LogP contribution in [0.3, 0.4) is 0 Å². The molecule has 25 heavy (non-hydrogen) atoms. The number of amides is 1. The summed E-state index contributed by atoms with van der Waals surface area (Å²) in [4.78, 5) is 26.5. The first-order valence-electron chi connectivity index (χ1n) is 8.01. The molecule has 0 fully saturated rings. The Morgan fingerprint density at radius 3 is 2.56 bits per heavy atom. The number of hydrogen-bond acceptors (Lipinski definition) is 4. The van der Waals surface area contributed by atoms with Gasteiger partial charge in [-0.2, -0.15) is 0 Å². The van der Waals surface area contributed by atoms with Crippen LogP contribution in [-0.4, -0.2) is 36.5 Å². The Balaban J connectivity index is 1.75. The third kappa shape index (κ3) is 4.08. The van der Waals surface area contributed by atoms with Crippen LogP contribution in [0.5, 0.6) is 0 Å². The lowest BCUT2D eigenvalue weighted by Gasteiger charge is -2.34. The topological polar surface area (TPSA) is 58.6 Å². The van der Waals surface area contributed by atoms with Crippen molar-refractivity contribution >= 4 is 33.5 Å². The number of para-hydroxylation sites is 1. The summed E-state index contributed by atoms with van der Waals surface area (Å²) in [6, 6.07) is 15.0. The molecule has 1 N–H and O–H groups in total. The summed E-state index contributed by atoms with van der Waals surface area (Å²) in [5, 5.41) is 2.88. The van der Waals surface area contributed by atoms with Gasteiger partial charge in [0.1, 0.15) is 6.04 Å². The fourth-order valence-corrected chi connectivity index (χ4v) is 3.43. The molecule has 1 aliphatic rings. The molecule has 2 aromatic carbocycles. The summed E-state index contributed by atoms with van der Waals surface area (Å²) in [5.74, 6) is -0.483. The Hall–Kier alpha value is -2.18. The summed E-state index contributed by atoms with van der Waals surface area (Å²) in [6.45, 7) is 0.661. The Kier molecular flexibility index (Phi) is 5.50. The normalized spacial score (nSPS) is 16.8. The van der Waals surface area contributed by atoms with Gasteiger partial charge >= 0.3 is 5.97 Å². The number of ether oxygens (including phenoxy) is 1. The van der Waals surface area contributed by atoms with Gasteiger partial charge in [0.15, 0.2) is 0 Å². The Labute approximate surface area is 155 Å². The minimum atomic E-state index is -0.454. The Bertz CT molecular complexity index is 794. The SMILES string of the molecule is COC(=O)[C@@H]1Cc2ccccc2CN1CC(=O)Nc1ccccc1Br. The predicted octanol–water partition coefficient (Wildman–Crippen LogP) is 2.99. The van der Waals surface area contributed by atoms with Gasteiger partial charge in [-0.1, -0.05) is 36.4 Å². The van der Waals surface area contributed by atoms with E-state index in [-0.39, 0.29) is 18.4 Å². The quantitative estimate of drug-likeness (QED) is 0.798. The molecule has 1 atom stereocenters. The lowest BCUT2D eigenvalue weighted by molar-refractivity contribution is -0.148. The van der Waals surface area contributed by atoms with Crippen LogP contribution in [0.25, 0.3) is 0 Å². The number of esters is 1. The van der Waals surface area contributed by atoms with E-state index in [9.17, 15) is 9.59 Å². The van der Waals surface area contributed by atoms with E-state index in [0.29, 0.717) is 18.7 Å². The highest BCUT2D eigenvalue weighted by Gasteiger charge is 2.33. The molecule has 5 nitrogen and oxygen atoms in total. The number of rotatable bonds is 4. The van der Waals surface area contributed by atoms with Crippen molar-refractivity contribution in [3.63, 3.8) is 0 Å². The summed E-state index contributed by atoms with van der Waals surface area (Å²) in [7, 11) is 1.38. The second kappa shape index (κ2) is 7.80. The van der Waals surface area contributed by atoms with Gasteiger partial charge in [-0.05, 0) is 45.6 Å². The first-order chi connectivity index (χ1) is 12.1. The third-order valence-electron chi connectivity index (χ3n) is 4.31. The maximum atomic E-state index is 12.5. The van der Waals surface area contributed by atoms with Gasteiger partial charge in [-0.15, -0.1) is 0 Å². The third-order valence-corrected chi connectivity index (χ3v) is 5.01. The summed E-state index contributed by atoms with van der Waals surface area (Å²) in [6.07, 6.45) is 0.547. The number of methoxy groups -OCH3 is 1. The standard InChI is InChI=1S/C19H19BrN2O3/c1-25-19(24)17-10-13-6-2-3-7-14(13)11-22(17)12-18(23)21-16-9-5-4-8-15(16)20/h2-9,17H,10-12H2,1H3,(H,21,23)/t17-/m0/s1. The molecule has 6 heteroatoms. The van der Waals surface area contributed by atoms with Crippen LogP contribution in [0.4, 0.5) is 5.69 Å². The molecule has 2 aromatic rings. The fraction of sp³-hybridized carbons (Fsp3) is 0.263. The first kappa shape index (κ1) is 17.6. The fourth-order valence-electron chi connectivity index (χ4n) is 3.05. The number of benzene rings is 2. The molecule has 0 bridgehead atoms. The molecule has 3 rings (SSSR count). The summed E-state index contributed by atoms with van der Waals surface area (Å²) < 4.78 is 5.75. The number of anilines is 1. The van der Waals surface area contributed by atoms with Crippen molar-refractivity contribution < 1.29 is 14.3 Å². The number of nitrogens with zero attached hydrogens (tertiary/aromatic N) is 1. The number of hydrogen-bond donors (Lipinski definition) is 1. The van der Waals surface area contributed by atoms with E-state index in [4.69, 9.17) is 4.74 Å². The summed E-state index contributed by atoms with van der Waals surface area (Å²) in [5.41, 5.74) is 2.97. The number of fused-ring (bicyclic) bond motifs is 1. The molecular weight excluding hydrogens is 384 g/mol. The summed E-state index contributed by atoms with van der Waals surface area (Å²) >= 11 is 3.42. The largest absolute Gasteiger partial charge is 0.468 e. The van der Waals surface area contributed by atoms with Crippen LogP contribution in [-0.2, 0) is 27.3 Å².